The first-order valence-electron chi connectivity index (χ1n) is 7.08. The van der Waals surface area contributed by atoms with Gasteiger partial charge in [0.25, 0.3) is 17.5 Å². The summed E-state index contributed by atoms with van der Waals surface area (Å²) in [4.78, 5) is 36.6. The van der Waals surface area contributed by atoms with E-state index in [-0.39, 0.29) is 16.5 Å². The number of nitro groups is 1. The Morgan fingerprint density at radius 2 is 1.74 bits per heavy atom. The summed E-state index contributed by atoms with van der Waals surface area (Å²) in [6.45, 7) is 0. The van der Waals surface area contributed by atoms with E-state index >= 15 is 0 Å². The first kappa shape index (κ1) is 15.5. The molecule has 0 atom stereocenters. The summed E-state index contributed by atoms with van der Waals surface area (Å²) in [5, 5.41) is 11.3. The maximum absolute atomic E-state index is 12.6. The van der Waals surface area contributed by atoms with Crippen molar-refractivity contribution >= 4 is 34.8 Å². The molecule has 1 aliphatic carbocycles. The van der Waals surface area contributed by atoms with Crippen molar-refractivity contribution in [2.75, 3.05) is 12.0 Å². The molecule has 0 fully saturated rings. The zero-order chi connectivity index (χ0) is 16.7. The van der Waals surface area contributed by atoms with Gasteiger partial charge in [-0.05, 0) is 25.7 Å². The molecule has 7 nitrogen and oxygen atoms in total. The lowest BCUT2D eigenvalue weighted by molar-refractivity contribution is -0.384. The molecule has 120 valence electrons. The number of carbonyl (C=O) groups is 2. The SMILES string of the molecule is COc1cc(N2C(=O)C3=C(CCCC3)C2=O)c([N+](=O)[O-])cc1Cl. The summed E-state index contributed by atoms with van der Waals surface area (Å²) in [7, 11) is 1.35. The smallest absolute Gasteiger partial charge is 0.295 e. The summed E-state index contributed by atoms with van der Waals surface area (Å²) in [5.41, 5.74) is 0.409. The molecule has 23 heavy (non-hydrogen) atoms. The van der Waals surface area contributed by atoms with Crippen LogP contribution in [0, 0.1) is 10.1 Å². The molecule has 0 aromatic heterocycles. The van der Waals surface area contributed by atoms with E-state index in [1.165, 1.54) is 13.2 Å². The van der Waals surface area contributed by atoms with Crippen molar-refractivity contribution in [3.63, 3.8) is 0 Å². The molecule has 0 saturated carbocycles. The van der Waals surface area contributed by atoms with Crippen molar-refractivity contribution in [1.82, 2.24) is 0 Å². The lowest BCUT2D eigenvalue weighted by Gasteiger charge is -2.16. The fourth-order valence-electron chi connectivity index (χ4n) is 2.97. The van der Waals surface area contributed by atoms with Gasteiger partial charge in [-0.2, -0.15) is 0 Å². The second-order valence-electron chi connectivity index (χ2n) is 5.34. The van der Waals surface area contributed by atoms with Gasteiger partial charge in [-0.1, -0.05) is 11.6 Å². The minimum atomic E-state index is -0.668. The van der Waals surface area contributed by atoms with Crippen LogP contribution in [0.15, 0.2) is 23.3 Å². The Bertz CT molecular complexity index is 743. The molecular formula is C15H13ClN2O5. The third kappa shape index (κ3) is 2.37. The topological polar surface area (TPSA) is 89.8 Å². The van der Waals surface area contributed by atoms with E-state index in [1.54, 1.807) is 0 Å². The minimum absolute atomic E-state index is 0.0415. The van der Waals surface area contributed by atoms with Crippen LogP contribution in [0.3, 0.4) is 0 Å². The van der Waals surface area contributed by atoms with Crippen LogP contribution in [0.2, 0.25) is 5.02 Å². The Morgan fingerprint density at radius 1 is 1.17 bits per heavy atom. The van der Waals surface area contributed by atoms with Gasteiger partial charge in [-0.3, -0.25) is 19.7 Å². The molecule has 1 aliphatic heterocycles. The number of rotatable bonds is 3. The summed E-state index contributed by atoms with van der Waals surface area (Å²) in [6.07, 6.45) is 2.71. The van der Waals surface area contributed by atoms with Crippen LogP contribution in [0.25, 0.3) is 0 Å². The Balaban J connectivity index is 2.14. The van der Waals surface area contributed by atoms with Crippen molar-refractivity contribution in [2.24, 2.45) is 0 Å². The van der Waals surface area contributed by atoms with Gasteiger partial charge in [0.1, 0.15) is 11.4 Å². The molecule has 0 spiro atoms. The van der Waals surface area contributed by atoms with Crippen LogP contribution in [0.1, 0.15) is 25.7 Å². The number of halogens is 1. The second kappa shape index (κ2) is 5.66. The van der Waals surface area contributed by atoms with E-state index in [4.69, 9.17) is 16.3 Å². The lowest BCUT2D eigenvalue weighted by Crippen LogP contribution is -2.32. The molecule has 3 rings (SSSR count). The predicted molar refractivity (Wildman–Crippen MR) is 82.6 cm³/mol. The van der Waals surface area contributed by atoms with Crippen molar-refractivity contribution in [3.05, 3.63) is 38.4 Å². The molecular weight excluding hydrogens is 324 g/mol. The van der Waals surface area contributed by atoms with Crippen molar-refractivity contribution in [1.29, 1.82) is 0 Å². The van der Waals surface area contributed by atoms with Crippen LogP contribution < -0.4 is 9.64 Å². The molecule has 0 saturated heterocycles. The first-order valence-corrected chi connectivity index (χ1v) is 7.46. The number of hydrogen-bond donors (Lipinski definition) is 0. The largest absolute Gasteiger partial charge is 0.495 e. The van der Waals surface area contributed by atoms with E-state index in [9.17, 15) is 19.7 Å². The molecule has 0 unspecified atom stereocenters. The molecule has 1 aromatic rings. The van der Waals surface area contributed by atoms with Gasteiger partial charge in [0.05, 0.1) is 17.1 Å². The molecule has 8 heteroatoms. The number of anilines is 1. The number of imide groups is 1. The summed E-state index contributed by atoms with van der Waals surface area (Å²) in [6, 6.07) is 2.35. The summed E-state index contributed by atoms with van der Waals surface area (Å²) >= 11 is 5.92. The highest BCUT2D eigenvalue weighted by molar-refractivity contribution is 6.35. The van der Waals surface area contributed by atoms with Crippen molar-refractivity contribution < 1.29 is 19.2 Å². The van der Waals surface area contributed by atoms with Crippen molar-refractivity contribution in [3.8, 4) is 5.75 Å². The standard InChI is InChI=1S/C15H13ClN2O5/c1-23-13-7-11(12(18(21)22)6-10(13)16)17-14(19)8-4-2-3-5-9(8)15(17)20/h6-7H,2-5H2,1H3. The minimum Gasteiger partial charge on any atom is -0.495 e. The highest BCUT2D eigenvalue weighted by Crippen LogP contribution is 2.42. The highest BCUT2D eigenvalue weighted by atomic mass is 35.5. The lowest BCUT2D eigenvalue weighted by atomic mass is 9.93. The molecule has 0 N–H and O–H groups in total. The molecule has 0 radical (unpaired) electrons. The van der Waals surface area contributed by atoms with Crippen LogP contribution >= 0.6 is 11.6 Å². The van der Waals surface area contributed by atoms with E-state index in [2.05, 4.69) is 0 Å². The summed E-state index contributed by atoms with van der Waals surface area (Å²) < 4.78 is 5.05. The Morgan fingerprint density at radius 3 is 2.22 bits per heavy atom. The maximum Gasteiger partial charge on any atom is 0.295 e. The number of ether oxygens (including phenoxy) is 1. The zero-order valence-electron chi connectivity index (χ0n) is 12.3. The van der Waals surface area contributed by atoms with Gasteiger partial charge < -0.3 is 4.74 Å². The van der Waals surface area contributed by atoms with Gasteiger partial charge in [0, 0.05) is 23.3 Å². The summed E-state index contributed by atoms with van der Waals surface area (Å²) in [5.74, 6) is -0.813. The monoisotopic (exact) mass is 336 g/mol. The number of hydrogen-bond acceptors (Lipinski definition) is 5. The fraction of sp³-hybridized carbons (Fsp3) is 0.333. The van der Waals surface area contributed by atoms with Crippen LogP contribution in [-0.2, 0) is 9.59 Å². The number of methoxy groups -OCH3 is 1. The quantitative estimate of drug-likeness (QED) is 0.481. The van der Waals surface area contributed by atoms with Crippen LogP contribution in [0.5, 0.6) is 5.75 Å². The number of nitro benzene ring substituents is 1. The average molecular weight is 337 g/mol. The van der Waals surface area contributed by atoms with Crippen molar-refractivity contribution in [2.45, 2.75) is 25.7 Å². The zero-order valence-corrected chi connectivity index (χ0v) is 13.1. The number of carbonyl (C=O) groups excluding carboxylic acids is 2. The van der Waals surface area contributed by atoms with E-state index in [1.807, 2.05) is 0 Å². The van der Waals surface area contributed by atoms with Crippen LogP contribution in [-0.4, -0.2) is 23.8 Å². The Kier molecular flexibility index (Phi) is 3.81. The van der Waals surface area contributed by atoms with E-state index in [0.29, 0.717) is 24.0 Å². The molecule has 2 amide bonds. The third-order valence-corrected chi connectivity index (χ3v) is 4.37. The fourth-order valence-corrected chi connectivity index (χ4v) is 3.21. The van der Waals surface area contributed by atoms with Gasteiger partial charge in [0.2, 0.25) is 0 Å². The Hall–Kier alpha value is -2.41. The first-order chi connectivity index (χ1) is 11.0. The molecule has 1 heterocycles. The average Bonchev–Trinajstić information content (AvgIpc) is 2.79. The molecule has 1 aromatic carbocycles. The highest BCUT2D eigenvalue weighted by Gasteiger charge is 2.42. The number of amides is 2. The molecule has 2 aliphatic rings. The second-order valence-corrected chi connectivity index (χ2v) is 5.75. The normalized spacial score (nSPS) is 17.6. The number of benzene rings is 1. The van der Waals surface area contributed by atoms with Crippen LogP contribution in [0.4, 0.5) is 11.4 Å². The van der Waals surface area contributed by atoms with Gasteiger partial charge >= 0.3 is 0 Å². The van der Waals surface area contributed by atoms with E-state index in [0.717, 1.165) is 23.8 Å². The maximum atomic E-state index is 12.6. The predicted octanol–water partition coefficient (Wildman–Crippen LogP) is 3.00. The van der Waals surface area contributed by atoms with Gasteiger partial charge in [-0.15, -0.1) is 0 Å². The Labute approximate surface area is 136 Å². The molecule has 0 bridgehead atoms. The third-order valence-electron chi connectivity index (χ3n) is 4.08. The van der Waals surface area contributed by atoms with Gasteiger partial charge in [-0.25, -0.2) is 4.90 Å². The van der Waals surface area contributed by atoms with Gasteiger partial charge in [0.15, 0.2) is 0 Å². The van der Waals surface area contributed by atoms with E-state index < -0.39 is 22.4 Å². The number of nitrogens with zero attached hydrogens (tertiary/aromatic N) is 2.